The van der Waals surface area contributed by atoms with Gasteiger partial charge in [-0.2, -0.15) is 9.36 Å². The zero-order chi connectivity index (χ0) is 24.2. The van der Waals surface area contributed by atoms with Gasteiger partial charge < -0.3 is 19.1 Å². The van der Waals surface area contributed by atoms with E-state index >= 15 is 0 Å². The highest BCUT2D eigenvalue weighted by Gasteiger charge is 2.32. The highest BCUT2D eigenvalue weighted by atomic mass is 32.1. The highest BCUT2D eigenvalue weighted by Crippen LogP contribution is 2.36. The van der Waals surface area contributed by atoms with Gasteiger partial charge in [0.1, 0.15) is 6.10 Å². The number of nitrogens with zero attached hydrogens (tertiary/aromatic N) is 3. The first-order valence-electron chi connectivity index (χ1n) is 11.5. The molecule has 0 aliphatic carbocycles. The van der Waals surface area contributed by atoms with E-state index in [4.69, 9.17) is 14.2 Å². The summed E-state index contributed by atoms with van der Waals surface area (Å²) in [4.78, 5) is 31.2. The fraction of sp³-hybridized carbons (Fsp3) is 0.360. The van der Waals surface area contributed by atoms with Crippen molar-refractivity contribution in [3.05, 3.63) is 54.1 Å². The first-order chi connectivity index (χ1) is 17.1. The minimum Gasteiger partial charge on any atom is -0.493 e. The fourth-order valence-corrected chi connectivity index (χ4v) is 4.89. The van der Waals surface area contributed by atoms with Crippen LogP contribution in [0.2, 0.25) is 0 Å². The van der Waals surface area contributed by atoms with Crippen molar-refractivity contribution in [1.82, 2.24) is 14.3 Å². The van der Waals surface area contributed by atoms with Crippen molar-refractivity contribution in [2.75, 3.05) is 38.7 Å². The van der Waals surface area contributed by atoms with Crippen molar-refractivity contribution in [2.45, 2.75) is 24.9 Å². The molecule has 2 aromatic carbocycles. The molecular formula is C25H26N4O5S. The Balaban J connectivity index is 1.20. The number of anilines is 1. The highest BCUT2D eigenvalue weighted by molar-refractivity contribution is 7.10. The molecule has 0 radical (unpaired) electrons. The van der Waals surface area contributed by atoms with Crippen LogP contribution in [-0.2, 0) is 14.3 Å². The molecule has 2 saturated heterocycles. The van der Waals surface area contributed by atoms with E-state index in [1.807, 2.05) is 48.5 Å². The monoisotopic (exact) mass is 494 g/mol. The number of aromatic nitrogens is 2. The number of carbonyl (C=O) groups is 2. The molecule has 0 saturated carbocycles. The minimum absolute atomic E-state index is 0.00712. The van der Waals surface area contributed by atoms with Crippen LogP contribution in [0.1, 0.15) is 24.3 Å². The second kappa shape index (κ2) is 10.4. The van der Waals surface area contributed by atoms with Gasteiger partial charge in [0, 0.05) is 42.4 Å². The molecule has 0 unspecified atom stereocenters. The molecule has 0 bridgehead atoms. The van der Waals surface area contributed by atoms with E-state index in [0.29, 0.717) is 48.6 Å². The average molecular weight is 495 g/mol. The summed E-state index contributed by atoms with van der Waals surface area (Å²) in [6.07, 6.45) is 1.16. The lowest BCUT2D eigenvalue weighted by molar-refractivity contribution is -0.131. The number of methoxy groups -OCH3 is 1. The molecule has 2 aliphatic heterocycles. The van der Waals surface area contributed by atoms with E-state index in [2.05, 4.69) is 14.7 Å². The lowest BCUT2D eigenvalue weighted by Gasteiger charge is -2.18. The first-order valence-corrected chi connectivity index (χ1v) is 12.3. The zero-order valence-electron chi connectivity index (χ0n) is 19.3. The maximum absolute atomic E-state index is 12.7. The summed E-state index contributed by atoms with van der Waals surface area (Å²) in [5, 5.41) is 3.17. The van der Waals surface area contributed by atoms with Crippen molar-refractivity contribution in [2.24, 2.45) is 0 Å². The predicted octanol–water partition coefficient (Wildman–Crippen LogP) is 3.34. The molecule has 5 rings (SSSR count). The SMILES string of the molecule is COc1ccc([C@@H]2CC(=O)N(CC(=O)Nc3nc(-c4ccccc4)ns3)C2)cc1O[C@@H]1CCOC1. The Morgan fingerprint density at radius 1 is 1.23 bits per heavy atom. The van der Waals surface area contributed by atoms with Gasteiger partial charge in [-0.1, -0.05) is 36.4 Å². The Morgan fingerprint density at radius 3 is 2.86 bits per heavy atom. The number of amides is 2. The molecule has 1 aromatic heterocycles. The molecule has 10 heteroatoms. The van der Waals surface area contributed by atoms with Crippen LogP contribution in [0.25, 0.3) is 11.4 Å². The standard InChI is InChI=1S/C25H26N4O5S/c1-32-20-8-7-17(11-21(20)34-19-9-10-33-15-19)18-12-23(31)29(13-18)14-22(30)26-25-27-24(28-35-25)16-5-3-2-4-6-16/h2-8,11,18-19H,9-10,12-15H2,1H3,(H,26,27,28,30)/t18-,19-/m1/s1. The fourth-order valence-electron chi connectivity index (χ4n) is 4.28. The molecule has 182 valence electrons. The topological polar surface area (TPSA) is 103 Å². The molecule has 3 aromatic rings. The second-order valence-electron chi connectivity index (χ2n) is 8.53. The van der Waals surface area contributed by atoms with E-state index in [9.17, 15) is 9.59 Å². The largest absolute Gasteiger partial charge is 0.493 e. The van der Waals surface area contributed by atoms with Gasteiger partial charge in [0.15, 0.2) is 17.3 Å². The molecule has 2 atom stereocenters. The average Bonchev–Trinajstić information content (AvgIpc) is 3.62. The number of benzene rings is 2. The predicted molar refractivity (Wildman–Crippen MR) is 131 cm³/mol. The van der Waals surface area contributed by atoms with E-state index in [1.165, 1.54) is 0 Å². The number of rotatable bonds is 8. The summed E-state index contributed by atoms with van der Waals surface area (Å²) < 4.78 is 21.2. The lowest BCUT2D eigenvalue weighted by Crippen LogP contribution is -2.34. The molecule has 3 heterocycles. The van der Waals surface area contributed by atoms with Gasteiger partial charge in [-0.25, -0.2) is 0 Å². The summed E-state index contributed by atoms with van der Waals surface area (Å²) >= 11 is 1.12. The lowest BCUT2D eigenvalue weighted by atomic mass is 9.98. The van der Waals surface area contributed by atoms with Crippen LogP contribution in [0, 0.1) is 0 Å². The maximum atomic E-state index is 12.7. The second-order valence-corrected chi connectivity index (χ2v) is 9.28. The summed E-state index contributed by atoms with van der Waals surface area (Å²) in [6, 6.07) is 15.3. The van der Waals surface area contributed by atoms with Gasteiger partial charge in [-0.05, 0) is 17.7 Å². The van der Waals surface area contributed by atoms with Gasteiger partial charge in [-0.3, -0.25) is 14.9 Å². The summed E-state index contributed by atoms with van der Waals surface area (Å²) in [7, 11) is 1.60. The van der Waals surface area contributed by atoms with Crippen LogP contribution >= 0.6 is 11.5 Å². The Hall–Kier alpha value is -3.50. The van der Waals surface area contributed by atoms with Crippen molar-refractivity contribution in [3.63, 3.8) is 0 Å². The van der Waals surface area contributed by atoms with Crippen LogP contribution in [0.5, 0.6) is 11.5 Å². The third-order valence-corrected chi connectivity index (χ3v) is 6.72. The Bertz CT molecular complexity index is 1200. The summed E-state index contributed by atoms with van der Waals surface area (Å²) in [5.74, 6) is 1.46. The van der Waals surface area contributed by atoms with Crippen LogP contribution in [-0.4, -0.2) is 65.6 Å². The van der Waals surface area contributed by atoms with Crippen molar-refractivity contribution in [3.8, 4) is 22.9 Å². The van der Waals surface area contributed by atoms with Gasteiger partial charge in [0.25, 0.3) is 0 Å². The van der Waals surface area contributed by atoms with Gasteiger partial charge in [-0.15, -0.1) is 0 Å². The number of nitrogens with one attached hydrogen (secondary N) is 1. The Kier molecular flexibility index (Phi) is 6.91. The zero-order valence-corrected chi connectivity index (χ0v) is 20.1. The van der Waals surface area contributed by atoms with Crippen LogP contribution in [0.15, 0.2) is 48.5 Å². The quantitative estimate of drug-likeness (QED) is 0.512. The molecule has 0 spiro atoms. The van der Waals surface area contributed by atoms with Crippen LogP contribution in [0.4, 0.5) is 5.13 Å². The maximum Gasteiger partial charge on any atom is 0.245 e. The molecule has 9 nitrogen and oxygen atoms in total. The van der Waals surface area contributed by atoms with Crippen LogP contribution < -0.4 is 14.8 Å². The van der Waals surface area contributed by atoms with Crippen molar-refractivity contribution >= 4 is 28.5 Å². The van der Waals surface area contributed by atoms with E-state index in [-0.39, 0.29) is 30.4 Å². The molecule has 2 aliphatic rings. The van der Waals surface area contributed by atoms with Crippen molar-refractivity contribution in [1.29, 1.82) is 0 Å². The van der Waals surface area contributed by atoms with Crippen LogP contribution in [0.3, 0.4) is 0 Å². The minimum atomic E-state index is -0.297. The number of ether oxygens (including phenoxy) is 3. The smallest absolute Gasteiger partial charge is 0.245 e. The number of carbonyl (C=O) groups excluding carboxylic acids is 2. The summed E-state index contributed by atoms with van der Waals surface area (Å²) in [6.45, 7) is 1.66. The van der Waals surface area contributed by atoms with Gasteiger partial charge in [0.05, 0.1) is 26.9 Å². The first kappa shape index (κ1) is 23.3. The van der Waals surface area contributed by atoms with Crippen molar-refractivity contribution < 1.29 is 23.8 Å². The number of hydrogen-bond donors (Lipinski definition) is 1. The molecule has 1 N–H and O–H groups in total. The molecule has 2 amide bonds. The molecular weight excluding hydrogens is 468 g/mol. The van der Waals surface area contributed by atoms with Gasteiger partial charge >= 0.3 is 0 Å². The third kappa shape index (κ3) is 5.44. The molecule has 2 fully saturated rings. The summed E-state index contributed by atoms with van der Waals surface area (Å²) in [5.41, 5.74) is 1.86. The normalized spacial score (nSPS) is 19.7. The van der Waals surface area contributed by atoms with E-state index in [1.54, 1.807) is 12.0 Å². The third-order valence-electron chi connectivity index (χ3n) is 6.09. The molecule has 35 heavy (non-hydrogen) atoms. The number of hydrogen-bond acceptors (Lipinski definition) is 8. The number of likely N-dealkylation sites (tertiary alicyclic amines) is 1. The van der Waals surface area contributed by atoms with E-state index in [0.717, 1.165) is 29.1 Å². The Morgan fingerprint density at radius 2 is 2.09 bits per heavy atom. The van der Waals surface area contributed by atoms with Gasteiger partial charge in [0.2, 0.25) is 16.9 Å². The van der Waals surface area contributed by atoms with E-state index < -0.39 is 0 Å². The Labute approximate surface area is 207 Å².